The van der Waals surface area contributed by atoms with E-state index in [4.69, 9.17) is 5.26 Å². The molecule has 2 aromatic heterocycles. The van der Waals surface area contributed by atoms with Crippen LogP contribution in [0.1, 0.15) is 15.9 Å². The van der Waals surface area contributed by atoms with Crippen molar-refractivity contribution >= 4 is 5.91 Å². The van der Waals surface area contributed by atoms with Crippen LogP contribution in [-0.2, 0) is 6.42 Å². The van der Waals surface area contributed by atoms with E-state index in [1.54, 1.807) is 30.3 Å². The fourth-order valence-corrected chi connectivity index (χ4v) is 3.57. The number of aromatic nitrogens is 3. The quantitative estimate of drug-likeness (QED) is 0.700. The molecule has 1 N–H and O–H groups in total. The third kappa shape index (κ3) is 3.63. The van der Waals surface area contributed by atoms with E-state index < -0.39 is 0 Å². The highest BCUT2D eigenvalue weighted by Gasteiger charge is 2.30. The van der Waals surface area contributed by atoms with Crippen LogP contribution in [0.4, 0.5) is 0 Å². The van der Waals surface area contributed by atoms with Crippen molar-refractivity contribution in [3.63, 3.8) is 0 Å². The van der Waals surface area contributed by atoms with Crippen molar-refractivity contribution in [1.82, 2.24) is 24.6 Å². The number of hydrogen-bond donors (Lipinski definition) is 1. The first kappa shape index (κ1) is 19.6. The maximum Gasteiger partial charge on any atom is 0.280 e. The van der Waals surface area contributed by atoms with Gasteiger partial charge in [-0.05, 0) is 30.3 Å². The lowest BCUT2D eigenvalue weighted by Crippen LogP contribution is -2.58. The number of amides is 1. The van der Waals surface area contributed by atoms with Crippen LogP contribution < -0.4 is 5.56 Å². The van der Waals surface area contributed by atoms with E-state index in [0.29, 0.717) is 23.4 Å². The molecule has 1 aliphatic rings. The summed E-state index contributed by atoms with van der Waals surface area (Å²) in [5.74, 6) is 0.332. The Morgan fingerprint density at radius 2 is 2.00 bits per heavy atom. The van der Waals surface area contributed by atoms with Gasteiger partial charge in [-0.1, -0.05) is 24.3 Å². The number of carbonyl (C=O) groups excluding carboxylic acids is 1. The first-order chi connectivity index (χ1) is 14.5. The summed E-state index contributed by atoms with van der Waals surface area (Å²) in [5.41, 5.74) is 2.43. The SMILES string of the molecule is CN1CC(N(C)C(=O)c2ccc(-n3[nH]cc(-c4ccc(CC#N)cc4)c3=O)nc2)C1. The number of pyridine rings is 1. The van der Waals surface area contributed by atoms with E-state index in [1.165, 1.54) is 10.9 Å². The molecule has 1 saturated heterocycles. The van der Waals surface area contributed by atoms with Crippen molar-refractivity contribution in [2.75, 3.05) is 27.2 Å². The lowest BCUT2D eigenvalue weighted by atomic mass is 10.1. The Balaban J connectivity index is 1.53. The standard InChI is InChI=1S/C22H22N6O2/c1-26-13-18(14-26)27(2)21(29)17-7-8-20(24-11-17)28-22(30)19(12-25-28)16-5-3-15(4-6-16)9-10-23/h3-8,11-12,18,25H,9,13-14H2,1-2H3. The Morgan fingerprint density at radius 1 is 1.27 bits per heavy atom. The Morgan fingerprint density at radius 3 is 2.60 bits per heavy atom. The molecule has 0 aliphatic carbocycles. The summed E-state index contributed by atoms with van der Waals surface area (Å²) in [6.45, 7) is 1.73. The van der Waals surface area contributed by atoms with Crippen LogP contribution in [0.5, 0.6) is 0 Å². The molecule has 0 atom stereocenters. The fourth-order valence-electron chi connectivity index (χ4n) is 3.57. The molecule has 0 spiro atoms. The van der Waals surface area contributed by atoms with Crippen LogP contribution in [0.3, 0.4) is 0 Å². The van der Waals surface area contributed by atoms with Crippen LogP contribution in [0, 0.1) is 11.3 Å². The second kappa shape index (κ2) is 7.97. The zero-order valence-electron chi connectivity index (χ0n) is 16.9. The highest BCUT2D eigenvalue weighted by Crippen LogP contribution is 2.18. The number of hydrogen-bond acceptors (Lipinski definition) is 5. The Kier molecular flexibility index (Phi) is 5.21. The molecule has 8 heteroatoms. The summed E-state index contributed by atoms with van der Waals surface area (Å²) in [5, 5.41) is 11.7. The third-order valence-corrected chi connectivity index (χ3v) is 5.46. The topological polar surface area (TPSA) is 98.0 Å². The van der Waals surface area contributed by atoms with Gasteiger partial charge < -0.3 is 9.80 Å². The van der Waals surface area contributed by atoms with E-state index in [2.05, 4.69) is 21.1 Å². The van der Waals surface area contributed by atoms with Crippen LogP contribution in [0.2, 0.25) is 0 Å². The van der Waals surface area contributed by atoms with Crippen molar-refractivity contribution in [3.8, 4) is 23.0 Å². The van der Waals surface area contributed by atoms with Crippen LogP contribution in [0.15, 0.2) is 53.6 Å². The molecule has 8 nitrogen and oxygen atoms in total. The van der Waals surface area contributed by atoms with E-state index in [0.717, 1.165) is 24.2 Å². The largest absolute Gasteiger partial charge is 0.336 e. The van der Waals surface area contributed by atoms with Crippen molar-refractivity contribution in [1.29, 1.82) is 5.26 Å². The van der Waals surface area contributed by atoms with Crippen LogP contribution in [0.25, 0.3) is 16.9 Å². The number of rotatable bonds is 5. The molecule has 0 saturated carbocycles. The molecule has 1 aliphatic heterocycles. The molecule has 0 radical (unpaired) electrons. The summed E-state index contributed by atoms with van der Waals surface area (Å²) < 4.78 is 1.34. The zero-order valence-corrected chi connectivity index (χ0v) is 16.9. The highest BCUT2D eigenvalue weighted by atomic mass is 16.2. The molecule has 4 rings (SSSR count). The molecular formula is C22H22N6O2. The molecular weight excluding hydrogens is 380 g/mol. The van der Waals surface area contributed by atoms with E-state index >= 15 is 0 Å². The van der Waals surface area contributed by atoms with Crippen LogP contribution >= 0.6 is 0 Å². The number of aromatic amines is 1. The predicted molar refractivity (Wildman–Crippen MR) is 112 cm³/mol. The number of nitriles is 1. The van der Waals surface area contributed by atoms with Crippen molar-refractivity contribution in [2.45, 2.75) is 12.5 Å². The number of likely N-dealkylation sites (N-methyl/N-ethyl adjacent to an activating group) is 2. The smallest absolute Gasteiger partial charge is 0.280 e. The van der Waals surface area contributed by atoms with Gasteiger partial charge in [-0.25, -0.2) is 9.67 Å². The second-order valence-electron chi connectivity index (χ2n) is 7.56. The maximum atomic E-state index is 12.8. The summed E-state index contributed by atoms with van der Waals surface area (Å²) in [7, 11) is 3.83. The summed E-state index contributed by atoms with van der Waals surface area (Å²) in [6.07, 6.45) is 3.46. The number of H-pyrrole nitrogens is 1. The van der Waals surface area contributed by atoms with Gasteiger partial charge in [-0.3, -0.25) is 14.7 Å². The fraction of sp³-hybridized carbons (Fsp3) is 0.273. The minimum atomic E-state index is -0.232. The zero-order chi connectivity index (χ0) is 21.3. The first-order valence-electron chi connectivity index (χ1n) is 9.66. The van der Waals surface area contributed by atoms with E-state index in [-0.39, 0.29) is 17.5 Å². The van der Waals surface area contributed by atoms with Gasteiger partial charge >= 0.3 is 0 Å². The molecule has 0 bridgehead atoms. The molecule has 1 amide bonds. The Hall–Kier alpha value is -3.70. The van der Waals surface area contributed by atoms with Gasteiger partial charge in [0.05, 0.1) is 29.7 Å². The van der Waals surface area contributed by atoms with Gasteiger partial charge in [-0.2, -0.15) is 5.26 Å². The first-order valence-corrected chi connectivity index (χ1v) is 9.66. The number of likely N-dealkylation sites (tertiary alicyclic amines) is 1. The van der Waals surface area contributed by atoms with Crippen molar-refractivity contribution in [2.24, 2.45) is 0 Å². The molecule has 3 heterocycles. The highest BCUT2D eigenvalue weighted by molar-refractivity contribution is 5.94. The van der Waals surface area contributed by atoms with Gasteiger partial charge in [0.25, 0.3) is 11.5 Å². The molecule has 1 aromatic carbocycles. The van der Waals surface area contributed by atoms with E-state index in [9.17, 15) is 9.59 Å². The number of carbonyl (C=O) groups is 1. The van der Waals surface area contributed by atoms with Gasteiger partial charge in [0.2, 0.25) is 0 Å². The molecule has 0 unspecified atom stereocenters. The van der Waals surface area contributed by atoms with E-state index in [1.807, 2.05) is 31.3 Å². The van der Waals surface area contributed by atoms with Gasteiger partial charge in [0, 0.05) is 32.5 Å². The number of nitrogens with zero attached hydrogens (tertiary/aromatic N) is 5. The minimum Gasteiger partial charge on any atom is -0.336 e. The lowest BCUT2D eigenvalue weighted by Gasteiger charge is -2.41. The monoisotopic (exact) mass is 402 g/mol. The summed E-state index contributed by atoms with van der Waals surface area (Å²) >= 11 is 0. The molecule has 152 valence electrons. The minimum absolute atomic E-state index is 0.0795. The van der Waals surface area contributed by atoms with Crippen LogP contribution in [-0.4, -0.2) is 63.7 Å². The van der Waals surface area contributed by atoms with Gasteiger partial charge in [0.1, 0.15) is 0 Å². The second-order valence-corrected chi connectivity index (χ2v) is 7.56. The van der Waals surface area contributed by atoms with Gasteiger partial charge in [-0.15, -0.1) is 0 Å². The summed E-state index contributed by atoms with van der Waals surface area (Å²) in [4.78, 5) is 33.7. The Labute approximate surface area is 174 Å². The molecule has 30 heavy (non-hydrogen) atoms. The van der Waals surface area contributed by atoms with Crippen molar-refractivity contribution in [3.05, 3.63) is 70.3 Å². The number of benzene rings is 1. The van der Waals surface area contributed by atoms with Gasteiger partial charge in [0.15, 0.2) is 5.82 Å². The predicted octanol–water partition coefficient (Wildman–Crippen LogP) is 1.68. The average molecular weight is 402 g/mol. The lowest BCUT2D eigenvalue weighted by molar-refractivity contribution is 0.0460. The molecule has 3 aromatic rings. The maximum absolute atomic E-state index is 12.8. The summed E-state index contributed by atoms with van der Waals surface area (Å²) in [6, 6.07) is 13.0. The molecule has 1 fully saturated rings. The normalized spacial score (nSPS) is 14.2. The third-order valence-electron chi connectivity index (χ3n) is 5.46. The average Bonchev–Trinajstić information content (AvgIpc) is 3.12. The Bertz CT molecular complexity index is 1150. The number of nitrogens with one attached hydrogen (secondary N) is 1. The van der Waals surface area contributed by atoms with Crippen molar-refractivity contribution < 1.29 is 4.79 Å².